The average molecular weight is 344 g/mol. The van der Waals surface area contributed by atoms with Crippen molar-refractivity contribution in [3.63, 3.8) is 0 Å². The predicted molar refractivity (Wildman–Crippen MR) is 94.8 cm³/mol. The minimum absolute atomic E-state index is 0.00737. The molecule has 1 N–H and O–H groups in total. The van der Waals surface area contributed by atoms with Gasteiger partial charge in [0.05, 0.1) is 6.54 Å². The van der Waals surface area contributed by atoms with Crippen molar-refractivity contribution in [3.05, 3.63) is 30.4 Å². The van der Waals surface area contributed by atoms with Gasteiger partial charge in [0.1, 0.15) is 13.2 Å². The van der Waals surface area contributed by atoms with Crippen LogP contribution in [0, 0.1) is 5.92 Å². The highest BCUT2D eigenvalue weighted by molar-refractivity contribution is 5.95. The summed E-state index contributed by atoms with van der Waals surface area (Å²) in [6.07, 6.45) is 6.70. The quantitative estimate of drug-likeness (QED) is 0.834. The summed E-state index contributed by atoms with van der Waals surface area (Å²) in [6.45, 7) is 3.51. The van der Waals surface area contributed by atoms with Crippen LogP contribution in [-0.2, 0) is 9.59 Å². The standard InChI is InChI=1S/C19H24N2O4/c1-2-21(19(23)14-6-4-3-5-7-14)13-18(22)20-15-8-9-16-17(12-15)25-11-10-24-16/h3-4,8-9,12,14H,2,5-7,10-11,13H2,1H3,(H,20,22)/t14-/m1/s1. The van der Waals surface area contributed by atoms with Crippen LogP contribution >= 0.6 is 0 Å². The molecule has 0 aromatic heterocycles. The molecule has 2 aliphatic rings. The molecule has 0 fully saturated rings. The van der Waals surface area contributed by atoms with E-state index in [9.17, 15) is 9.59 Å². The number of nitrogens with zero attached hydrogens (tertiary/aromatic N) is 1. The molecule has 1 aromatic rings. The highest BCUT2D eigenvalue weighted by atomic mass is 16.6. The van der Waals surface area contributed by atoms with Crippen LogP contribution < -0.4 is 14.8 Å². The molecule has 0 unspecified atom stereocenters. The second kappa shape index (κ2) is 8.05. The van der Waals surface area contributed by atoms with Gasteiger partial charge in [0.2, 0.25) is 11.8 Å². The summed E-state index contributed by atoms with van der Waals surface area (Å²) in [6, 6.07) is 5.30. The number of carbonyl (C=O) groups excluding carboxylic acids is 2. The summed E-state index contributed by atoms with van der Waals surface area (Å²) in [7, 11) is 0. The summed E-state index contributed by atoms with van der Waals surface area (Å²) < 4.78 is 11.0. The van der Waals surface area contributed by atoms with Crippen LogP contribution in [0.4, 0.5) is 5.69 Å². The van der Waals surface area contributed by atoms with Gasteiger partial charge in [0.25, 0.3) is 0 Å². The zero-order valence-corrected chi connectivity index (χ0v) is 14.5. The highest BCUT2D eigenvalue weighted by Gasteiger charge is 2.25. The number of hydrogen-bond acceptors (Lipinski definition) is 4. The van der Waals surface area contributed by atoms with Gasteiger partial charge in [-0.3, -0.25) is 9.59 Å². The molecular weight excluding hydrogens is 320 g/mol. The molecule has 1 aromatic carbocycles. The van der Waals surface area contributed by atoms with E-state index in [-0.39, 0.29) is 24.3 Å². The third kappa shape index (κ3) is 4.32. The van der Waals surface area contributed by atoms with Crippen molar-refractivity contribution >= 4 is 17.5 Å². The summed E-state index contributed by atoms with van der Waals surface area (Å²) in [5.41, 5.74) is 0.637. The van der Waals surface area contributed by atoms with E-state index < -0.39 is 0 Å². The van der Waals surface area contributed by atoms with E-state index in [4.69, 9.17) is 9.47 Å². The minimum atomic E-state index is -0.210. The lowest BCUT2D eigenvalue weighted by Crippen LogP contribution is -2.41. The zero-order chi connectivity index (χ0) is 17.6. The van der Waals surface area contributed by atoms with Gasteiger partial charge in [0, 0.05) is 24.2 Å². The molecule has 3 rings (SSSR count). The number of allylic oxidation sites excluding steroid dienone is 2. The minimum Gasteiger partial charge on any atom is -0.486 e. The molecule has 0 bridgehead atoms. The first kappa shape index (κ1) is 17.3. The largest absolute Gasteiger partial charge is 0.486 e. The molecule has 25 heavy (non-hydrogen) atoms. The second-order valence-electron chi connectivity index (χ2n) is 6.24. The number of benzene rings is 1. The van der Waals surface area contributed by atoms with E-state index in [2.05, 4.69) is 17.5 Å². The fourth-order valence-electron chi connectivity index (χ4n) is 3.12. The lowest BCUT2D eigenvalue weighted by molar-refractivity contribution is -0.138. The van der Waals surface area contributed by atoms with Gasteiger partial charge >= 0.3 is 0 Å². The molecule has 6 heteroatoms. The highest BCUT2D eigenvalue weighted by Crippen LogP contribution is 2.32. The van der Waals surface area contributed by atoms with Crippen LogP contribution in [0.25, 0.3) is 0 Å². The van der Waals surface area contributed by atoms with Crippen molar-refractivity contribution in [2.75, 3.05) is 31.6 Å². The molecule has 6 nitrogen and oxygen atoms in total. The van der Waals surface area contributed by atoms with E-state index in [1.165, 1.54) is 0 Å². The Morgan fingerprint density at radius 3 is 2.72 bits per heavy atom. The normalized spacial score (nSPS) is 18.5. The predicted octanol–water partition coefficient (Wildman–Crippen LogP) is 2.60. The number of anilines is 1. The fraction of sp³-hybridized carbons (Fsp3) is 0.474. The lowest BCUT2D eigenvalue weighted by Gasteiger charge is -2.26. The van der Waals surface area contributed by atoms with E-state index >= 15 is 0 Å². The first-order valence-corrected chi connectivity index (χ1v) is 8.80. The smallest absolute Gasteiger partial charge is 0.243 e. The van der Waals surface area contributed by atoms with Crippen molar-refractivity contribution in [1.29, 1.82) is 0 Å². The van der Waals surface area contributed by atoms with Crippen molar-refractivity contribution < 1.29 is 19.1 Å². The number of amides is 2. The molecule has 0 spiro atoms. The van der Waals surface area contributed by atoms with Crippen molar-refractivity contribution in [2.45, 2.75) is 26.2 Å². The Balaban J connectivity index is 1.58. The van der Waals surface area contributed by atoms with Gasteiger partial charge in [-0.2, -0.15) is 0 Å². The Morgan fingerprint density at radius 1 is 1.20 bits per heavy atom. The molecule has 0 saturated carbocycles. The van der Waals surface area contributed by atoms with E-state index in [1.54, 1.807) is 23.1 Å². The molecule has 1 aliphatic carbocycles. The zero-order valence-electron chi connectivity index (χ0n) is 14.5. The molecule has 1 atom stereocenters. The van der Waals surface area contributed by atoms with E-state index in [0.29, 0.717) is 36.9 Å². The SMILES string of the molecule is CCN(CC(=O)Nc1ccc2c(c1)OCCO2)C(=O)[C@@H]1CC=CCC1. The van der Waals surface area contributed by atoms with Gasteiger partial charge in [-0.05, 0) is 38.3 Å². The Kier molecular flexibility index (Phi) is 5.58. The van der Waals surface area contributed by atoms with Crippen LogP contribution in [0.1, 0.15) is 26.2 Å². The topological polar surface area (TPSA) is 67.9 Å². The summed E-state index contributed by atoms with van der Waals surface area (Å²) >= 11 is 0. The number of ether oxygens (including phenoxy) is 2. The molecular formula is C19H24N2O4. The van der Waals surface area contributed by atoms with Gasteiger partial charge in [-0.25, -0.2) is 0 Å². The number of rotatable bonds is 5. The van der Waals surface area contributed by atoms with Crippen LogP contribution in [0.2, 0.25) is 0 Å². The van der Waals surface area contributed by atoms with Gasteiger partial charge < -0.3 is 19.7 Å². The second-order valence-corrected chi connectivity index (χ2v) is 6.24. The number of fused-ring (bicyclic) bond motifs is 1. The Bertz CT molecular complexity index is 671. The Morgan fingerprint density at radius 2 is 2.00 bits per heavy atom. The molecule has 0 saturated heterocycles. The molecule has 1 aliphatic heterocycles. The first-order valence-electron chi connectivity index (χ1n) is 8.80. The van der Waals surface area contributed by atoms with Crippen LogP contribution in [-0.4, -0.2) is 43.0 Å². The maximum Gasteiger partial charge on any atom is 0.243 e. The van der Waals surface area contributed by atoms with Crippen molar-refractivity contribution in [3.8, 4) is 11.5 Å². The van der Waals surface area contributed by atoms with Gasteiger partial charge in [-0.15, -0.1) is 0 Å². The van der Waals surface area contributed by atoms with Crippen LogP contribution in [0.15, 0.2) is 30.4 Å². The maximum absolute atomic E-state index is 12.6. The molecule has 0 radical (unpaired) electrons. The lowest BCUT2D eigenvalue weighted by atomic mass is 9.93. The third-order valence-electron chi connectivity index (χ3n) is 4.47. The number of carbonyl (C=O) groups is 2. The monoisotopic (exact) mass is 344 g/mol. The number of hydrogen-bond donors (Lipinski definition) is 1. The maximum atomic E-state index is 12.6. The van der Waals surface area contributed by atoms with Gasteiger partial charge in [-0.1, -0.05) is 12.2 Å². The first-order chi connectivity index (χ1) is 12.2. The summed E-state index contributed by atoms with van der Waals surface area (Å²) in [5.74, 6) is 1.15. The van der Waals surface area contributed by atoms with Crippen molar-refractivity contribution in [1.82, 2.24) is 4.90 Å². The number of likely N-dealkylation sites (N-methyl/N-ethyl adjacent to an activating group) is 1. The van der Waals surface area contributed by atoms with Crippen molar-refractivity contribution in [2.24, 2.45) is 5.92 Å². The summed E-state index contributed by atoms with van der Waals surface area (Å²) in [5, 5.41) is 2.83. The molecule has 1 heterocycles. The Hall–Kier alpha value is -2.50. The van der Waals surface area contributed by atoms with Crippen LogP contribution in [0.3, 0.4) is 0 Å². The van der Waals surface area contributed by atoms with E-state index in [1.807, 2.05) is 6.92 Å². The third-order valence-corrected chi connectivity index (χ3v) is 4.47. The molecule has 2 amide bonds. The van der Waals surface area contributed by atoms with E-state index in [0.717, 1.165) is 19.3 Å². The Labute approximate surface area is 147 Å². The fourth-order valence-corrected chi connectivity index (χ4v) is 3.12. The van der Waals surface area contributed by atoms with Gasteiger partial charge in [0.15, 0.2) is 11.5 Å². The average Bonchev–Trinajstić information content (AvgIpc) is 2.66. The van der Waals surface area contributed by atoms with Crippen LogP contribution in [0.5, 0.6) is 11.5 Å². The molecule has 134 valence electrons. The number of nitrogens with one attached hydrogen (secondary N) is 1. The summed E-state index contributed by atoms with van der Waals surface area (Å²) in [4.78, 5) is 26.6.